The van der Waals surface area contributed by atoms with Crippen molar-refractivity contribution in [2.24, 2.45) is 11.8 Å². The van der Waals surface area contributed by atoms with Gasteiger partial charge in [-0.15, -0.1) is 0 Å². The summed E-state index contributed by atoms with van der Waals surface area (Å²) in [6, 6.07) is 9.30. The molecular weight excluding hydrogens is 731 g/mol. The summed E-state index contributed by atoms with van der Waals surface area (Å²) < 4.78 is 50.8. The predicted molar refractivity (Wildman–Crippen MR) is 203 cm³/mol. The Morgan fingerprint density at radius 3 is 1.84 bits per heavy atom. The van der Waals surface area contributed by atoms with Crippen LogP contribution in [0.15, 0.2) is 54.6 Å². The highest BCUT2D eigenvalue weighted by molar-refractivity contribution is 5.98. The fraction of sp³-hybridized carbons (Fsp3) is 0.585. The summed E-state index contributed by atoms with van der Waals surface area (Å²) in [4.78, 5) is 70.5. The first kappa shape index (κ1) is 44.4. The van der Waals surface area contributed by atoms with Gasteiger partial charge in [-0.1, -0.05) is 70.2 Å². The number of benzene rings is 2. The van der Waals surface area contributed by atoms with E-state index < -0.39 is 59.2 Å². The van der Waals surface area contributed by atoms with Crippen LogP contribution in [-0.4, -0.2) is 104 Å². The molecule has 2 aromatic rings. The zero-order valence-corrected chi connectivity index (χ0v) is 32.9. The van der Waals surface area contributed by atoms with Crippen LogP contribution in [0.25, 0.3) is 0 Å². The molecule has 2 saturated heterocycles. The van der Waals surface area contributed by atoms with Crippen molar-refractivity contribution < 1.29 is 46.6 Å². The number of nitrogens with zero attached hydrogens (tertiary/aromatic N) is 1. The van der Waals surface area contributed by atoms with Gasteiger partial charge in [-0.25, -0.2) is 0 Å². The first-order valence-electron chi connectivity index (χ1n) is 19.3. The molecule has 0 spiro atoms. The number of alkyl halides is 3. The average Bonchev–Trinajstić information content (AvgIpc) is 3.90. The second-order valence-corrected chi connectivity index (χ2v) is 15.8. The molecule has 56 heavy (non-hydrogen) atoms. The second kappa shape index (κ2) is 20.2. The van der Waals surface area contributed by atoms with Crippen molar-refractivity contribution in [2.75, 3.05) is 39.5 Å². The molecule has 2 heterocycles. The molecule has 0 saturated carbocycles. The molecular formula is C41H56F3N5O7. The van der Waals surface area contributed by atoms with Crippen molar-refractivity contribution in [1.82, 2.24) is 26.2 Å². The van der Waals surface area contributed by atoms with Gasteiger partial charge >= 0.3 is 6.18 Å². The standard InChI is InChI=1S/C41H56F3N5O7/c1-26(2)21-32(36(51)40(5)25-56-40)46-39(54)34(23-29-11-14-30(15-12-29)41(42,43)44)48-38(53)33(22-27(3)4)47-37(52)31(16-13-28-9-7-6-8-10-28)45-35(50)24-49-17-19-55-20-18-49/h6-12,14-15,26-27,31-34H,13,16-25H2,1-5H3,(H,45,50)(H,46,54)(H,47,52)(H,48,53). The zero-order valence-electron chi connectivity index (χ0n) is 32.9. The van der Waals surface area contributed by atoms with Gasteiger partial charge in [0, 0.05) is 19.5 Å². The van der Waals surface area contributed by atoms with E-state index in [-0.39, 0.29) is 62.4 Å². The smallest absolute Gasteiger partial charge is 0.379 e. The number of ether oxygens (including phenoxy) is 2. The Morgan fingerprint density at radius 1 is 0.732 bits per heavy atom. The van der Waals surface area contributed by atoms with Gasteiger partial charge in [0.05, 0.1) is 38.0 Å². The molecule has 2 aromatic carbocycles. The predicted octanol–water partition coefficient (Wildman–Crippen LogP) is 3.60. The largest absolute Gasteiger partial charge is 0.416 e. The minimum Gasteiger partial charge on any atom is -0.379 e. The second-order valence-electron chi connectivity index (χ2n) is 15.8. The number of amides is 4. The number of nitrogens with one attached hydrogen (secondary N) is 4. The van der Waals surface area contributed by atoms with Crippen LogP contribution in [-0.2, 0) is 52.5 Å². The van der Waals surface area contributed by atoms with Crippen LogP contribution in [0.3, 0.4) is 0 Å². The molecule has 15 heteroatoms. The lowest BCUT2D eigenvalue weighted by atomic mass is 9.93. The highest BCUT2D eigenvalue weighted by Gasteiger charge is 2.50. The van der Waals surface area contributed by atoms with E-state index in [9.17, 15) is 37.1 Å². The molecule has 0 aromatic heterocycles. The number of rotatable bonds is 20. The van der Waals surface area contributed by atoms with Crippen LogP contribution in [0.1, 0.15) is 70.6 Å². The van der Waals surface area contributed by atoms with Gasteiger partial charge in [-0.05, 0) is 67.7 Å². The normalized spacial score (nSPS) is 19.4. The van der Waals surface area contributed by atoms with Gasteiger partial charge in [-0.2, -0.15) is 13.2 Å². The third kappa shape index (κ3) is 14.0. The van der Waals surface area contributed by atoms with Crippen LogP contribution in [0.2, 0.25) is 0 Å². The first-order chi connectivity index (χ1) is 26.4. The molecule has 4 amide bonds. The zero-order chi connectivity index (χ0) is 41.0. The topological polar surface area (TPSA) is 158 Å². The Morgan fingerprint density at radius 2 is 1.27 bits per heavy atom. The molecule has 12 nitrogen and oxygen atoms in total. The summed E-state index contributed by atoms with van der Waals surface area (Å²) in [6.45, 7) is 11.6. The number of morpholine rings is 1. The van der Waals surface area contributed by atoms with E-state index in [0.29, 0.717) is 38.3 Å². The van der Waals surface area contributed by atoms with Gasteiger partial charge in [0.15, 0.2) is 5.78 Å². The van der Waals surface area contributed by atoms with E-state index in [0.717, 1.165) is 17.7 Å². The van der Waals surface area contributed by atoms with E-state index >= 15 is 0 Å². The molecule has 2 aliphatic heterocycles. The van der Waals surface area contributed by atoms with Crippen LogP contribution < -0.4 is 21.3 Å². The molecule has 0 radical (unpaired) electrons. The summed E-state index contributed by atoms with van der Waals surface area (Å²) in [5.74, 6) is -2.77. The van der Waals surface area contributed by atoms with E-state index in [2.05, 4.69) is 21.3 Å². The molecule has 2 fully saturated rings. The maximum absolute atomic E-state index is 14.1. The van der Waals surface area contributed by atoms with E-state index in [4.69, 9.17) is 9.47 Å². The highest BCUT2D eigenvalue weighted by atomic mass is 19.4. The Labute approximate surface area is 327 Å². The summed E-state index contributed by atoms with van der Waals surface area (Å²) in [5.41, 5.74) is -0.626. The number of halogens is 3. The lowest BCUT2D eigenvalue weighted by molar-refractivity contribution is -0.137. The van der Waals surface area contributed by atoms with Gasteiger partial charge in [0.1, 0.15) is 23.7 Å². The number of Topliss-reactive ketones (excluding diaryl/α,β-unsaturated/α-hetero) is 1. The number of carbonyl (C=O) groups excluding carboxylic acids is 5. The Bertz CT molecular complexity index is 1630. The molecule has 5 unspecified atom stereocenters. The number of carbonyl (C=O) groups is 5. The summed E-state index contributed by atoms with van der Waals surface area (Å²) in [6.07, 6.45) is -3.60. The molecule has 0 aliphatic carbocycles. The van der Waals surface area contributed by atoms with Crippen LogP contribution in [0, 0.1) is 11.8 Å². The third-order valence-corrected chi connectivity index (χ3v) is 9.82. The van der Waals surface area contributed by atoms with Crippen molar-refractivity contribution >= 4 is 29.4 Å². The SMILES string of the molecule is CC(C)CC(NC(=O)C(CCc1ccccc1)NC(=O)CN1CCOCC1)C(=O)NC(Cc1ccc(C(F)(F)F)cc1)C(=O)NC(CC(C)C)C(=O)C1(C)CO1. The molecule has 4 N–H and O–H groups in total. The first-order valence-corrected chi connectivity index (χ1v) is 19.3. The Hall–Kier alpha value is -4.34. The molecule has 5 atom stereocenters. The maximum atomic E-state index is 14.1. The minimum absolute atomic E-state index is 0.00406. The van der Waals surface area contributed by atoms with Gasteiger partial charge in [0.25, 0.3) is 0 Å². The number of aryl methyl sites for hydroxylation is 1. The summed E-state index contributed by atoms with van der Waals surface area (Å²) in [7, 11) is 0. The minimum atomic E-state index is -4.57. The quantitative estimate of drug-likeness (QED) is 0.148. The monoisotopic (exact) mass is 787 g/mol. The molecule has 308 valence electrons. The Balaban J connectivity index is 1.56. The molecule has 0 bridgehead atoms. The highest BCUT2D eigenvalue weighted by Crippen LogP contribution is 2.30. The lowest BCUT2D eigenvalue weighted by Gasteiger charge is -2.29. The summed E-state index contributed by atoms with van der Waals surface area (Å²) >= 11 is 0. The van der Waals surface area contributed by atoms with Crippen molar-refractivity contribution in [3.05, 3.63) is 71.3 Å². The van der Waals surface area contributed by atoms with E-state index in [1.54, 1.807) is 6.92 Å². The van der Waals surface area contributed by atoms with Crippen LogP contribution in [0.5, 0.6) is 0 Å². The van der Waals surface area contributed by atoms with Gasteiger partial charge in [0.2, 0.25) is 23.6 Å². The van der Waals surface area contributed by atoms with Crippen molar-refractivity contribution in [3.8, 4) is 0 Å². The van der Waals surface area contributed by atoms with Crippen molar-refractivity contribution in [1.29, 1.82) is 0 Å². The Kier molecular flexibility index (Phi) is 16.0. The van der Waals surface area contributed by atoms with Crippen molar-refractivity contribution in [3.63, 3.8) is 0 Å². The number of hydrogen-bond donors (Lipinski definition) is 4. The molecule has 2 aliphatic rings. The fourth-order valence-corrected chi connectivity index (χ4v) is 6.54. The fourth-order valence-electron chi connectivity index (χ4n) is 6.54. The third-order valence-electron chi connectivity index (χ3n) is 9.82. The van der Waals surface area contributed by atoms with Crippen LogP contribution in [0.4, 0.5) is 13.2 Å². The van der Waals surface area contributed by atoms with Gasteiger partial charge in [-0.3, -0.25) is 28.9 Å². The lowest BCUT2D eigenvalue weighted by Crippen LogP contribution is -2.59. The molecule has 4 rings (SSSR count). The number of epoxide rings is 1. The summed E-state index contributed by atoms with van der Waals surface area (Å²) in [5, 5.41) is 11.2. The van der Waals surface area contributed by atoms with E-state index in [1.807, 2.05) is 62.9 Å². The van der Waals surface area contributed by atoms with E-state index in [1.165, 1.54) is 12.1 Å². The number of hydrogen-bond acceptors (Lipinski definition) is 8. The van der Waals surface area contributed by atoms with Crippen molar-refractivity contribution in [2.45, 2.75) is 103 Å². The number of ketones is 1. The maximum Gasteiger partial charge on any atom is 0.416 e. The van der Waals surface area contributed by atoms with Gasteiger partial charge < -0.3 is 30.7 Å². The van der Waals surface area contributed by atoms with Crippen LogP contribution >= 0.6 is 0 Å². The average molecular weight is 788 g/mol.